The molecule has 0 spiro atoms. The average molecular weight is 517 g/mol. The van der Waals surface area contributed by atoms with Gasteiger partial charge in [-0.2, -0.15) is 0 Å². The Morgan fingerprint density at radius 2 is 1.03 bits per heavy atom. The second kappa shape index (κ2) is 23.0. The quantitative estimate of drug-likeness (QED) is 0.0538. The van der Waals surface area contributed by atoms with Gasteiger partial charge in [-0.3, -0.25) is 4.57 Å². The lowest BCUT2D eigenvalue weighted by atomic mass is 10.0. The molecule has 0 aliphatic carbocycles. The average Bonchev–Trinajstić information content (AvgIpc) is 2.78. The predicted octanol–water partition coefficient (Wildman–Crippen LogP) is 10.0. The third kappa shape index (κ3) is 21.6. The van der Waals surface area contributed by atoms with Gasteiger partial charge in [-0.05, 0) is 19.3 Å². The Labute approximate surface area is 220 Å². The molecule has 0 heterocycles. The van der Waals surface area contributed by atoms with Crippen molar-refractivity contribution in [1.29, 1.82) is 0 Å². The van der Waals surface area contributed by atoms with E-state index in [1.54, 1.807) is 0 Å². The largest absolute Gasteiger partial charge is 0.385 e. The van der Waals surface area contributed by atoms with Crippen molar-refractivity contribution in [2.45, 2.75) is 154 Å². The van der Waals surface area contributed by atoms with Crippen LogP contribution in [0.2, 0.25) is 0 Å². The van der Waals surface area contributed by atoms with Crippen LogP contribution in [0.5, 0.6) is 0 Å². The fraction of sp³-hybridized carbons (Fsp3) is 0.933. The second-order valence-corrected chi connectivity index (χ2v) is 13.4. The normalized spacial score (nSPS) is 15.0. The fourth-order valence-electron chi connectivity index (χ4n) is 4.95. The van der Waals surface area contributed by atoms with Crippen molar-refractivity contribution in [2.24, 2.45) is 0 Å². The van der Waals surface area contributed by atoms with E-state index in [9.17, 15) is 9.46 Å². The van der Waals surface area contributed by atoms with Crippen LogP contribution in [0.25, 0.3) is 0 Å². The molecule has 0 radical (unpaired) electrons. The van der Waals surface area contributed by atoms with Crippen LogP contribution in [-0.2, 0) is 9.09 Å². The lowest BCUT2D eigenvalue weighted by Crippen LogP contribution is -2.44. The minimum Gasteiger partial charge on any atom is -0.320 e. The summed E-state index contributed by atoms with van der Waals surface area (Å²) in [5, 5.41) is 0. The summed E-state index contributed by atoms with van der Waals surface area (Å²) < 4.78 is 18.3. The lowest BCUT2D eigenvalue weighted by molar-refractivity contribution is -0.883. The van der Waals surface area contributed by atoms with Gasteiger partial charge in [-0.25, -0.2) is 0 Å². The van der Waals surface area contributed by atoms with Crippen LogP contribution in [0.1, 0.15) is 149 Å². The first-order chi connectivity index (χ1) is 16.8. The Balaban J connectivity index is 3.40. The fourth-order valence-corrected chi connectivity index (χ4v) is 6.83. The Bertz CT molecular complexity index is 530. The van der Waals surface area contributed by atoms with Crippen LogP contribution in [-0.4, -0.2) is 42.9 Å². The van der Waals surface area contributed by atoms with Crippen molar-refractivity contribution >= 4 is 7.60 Å². The minimum atomic E-state index is -3.58. The van der Waals surface area contributed by atoms with Crippen LogP contribution in [0.3, 0.4) is 0 Å². The standard InChI is InChI=1S/C30H62NO3P/c1-6-8-9-10-11-12-13-14-15-16-17-18-19-20-21-22-23-24-25-26-27-28-29-34-35(32,33)30(7-2)31(3,4)5/h26-27,30H,6-25,28-29H2,1-5H3/p+1/b27-26-. The highest BCUT2D eigenvalue weighted by Gasteiger charge is 2.41. The van der Waals surface area contributed by atoms with Gasteiger partial charge in [-0.15, -0.1) is 0 Å². The van der Waals surface area contributed by atoms with E-state index < -0.39 is 7.60 Å². The van der Waals surface area contributed by atoms with Gasteiger partial charge >= 0.3 is 7.60 Å². The molecular formula is C30H63NO3P+. The summed E-state index contributed by atoms with van der Waals surface area (Å²) in [4.78, 5) is 10.3. The SMILES string of the molecule is CCCCCCCCCCCCCCCCCCCC/C=C\CCOP(=O)(O)C(CC)[N+](C)(C)C. The summed E-state index contributed by atoms with van der Waals surface area (Å²) in [6, 6.07) is 0. The first-order valence-corrected chi connectivity index (χ1v) is 16.8. The number of rotatable bonds is 26. The van der Waals surface area contributed by atoms with Crippen molar-refractivity contribution in [2.75, 3.05) is 27.7 Å². The van der Waals surface area contributed by atoms with Gasteiger partial charge in [-0.1, -0.05) is 135 Å². The molecule has 0 saturated heterocycles. The highest BCUT2D eigenvalue weighted by Crippen LogP contribution is 2.51. The molecule has 2 unspecified atom stereocenters. The zero-order valence-electron chi connectivity index (χ0n) is 24.4. The molecule has 0 aliphatic rings. The number of quaternary nitrogens is 1. The van der Waals surface area contributed by atoms with E-state index in [0.717, 1.165) is 6.42 Å². The van der Waals surface area contributed by atoms with E-state index in [1.807, 2.05) is 28.1 Å². The maximum Gasteiger partial charge on any atom is 0.385 e. The van der Waals surface area contributed by atoms with Gasteiger partial charge in [0.2, 0.25) is 0 Å². The van der Waals surface area contributed by atoms with Gasteiger partial charge < -0.3 is 13.9 Å². The van der Waals surface area contributed by atoms with Gasteiger partial charge in [0.25, 0.3) is 0 Å². The second-order valence-electron chi connectivity index (χ2n) is 11.5. The number of hydrogen-bond donors (Lipinski definition) is 1. The first kappa shape index (κ1) is 34.9. The number of unbranched alkanes of at least 4 members (excludes halogenated alkanes) is 18. The number of hydrogen-bond acceptors (Lipinski definition) is 2. The van der Waals surface area contributed by atoms with Gasteiger partial charge in [0.15, 0.2) is 5.78 Å². The summed E-state index contributed by atoms with van der Waals surface area (Å²) in [7, 11) is 2.25. The molecule has 0 aliphatic heterocycles. The summed E-state index contributed by atoms with van der Waals surface area (Å²) in [5.74, 6) is -0.369. The zero-order chi connectivity index (χ0) is 26.3. The molecule has 4 nitrogen and oxygen atoms in total. The third-order valence-corrected chi connectivity index (χ3v) is 9.45. The summed E-state index contributed by atoms with van der Waals surface area (Å²) in [6.45, 7) is 4.55. The molecule has 0 aromatic rings. The van der Waals surface area contributed by atoms with E-state index in [4.69, 9.17) is 4.52 Å². The molecule has 0 amide bonds. The van der Waals surface area contributed by atoms with Crippen LogP contribution >= 0.6 is 7.60 Å². The van der Waals surface area contributed by atoms with Crippen LogP contribution in [0.4, 0.5) is 0 Å². The monoisotopic (exact) mass is 516 g/mol. The topological polar surface area (TPSA) is 46.5 Å². The van der Waals surface area contributed by atoms with Crippen molar-refractivity contribution in [3.63, 3.8) is 0 Å². The van der Waals surface area contributed by atoms with E-state index in [1.165, 1.54) is 116 Å². The highest BCUT2D eigenvalue weighted by molar-refractivity contribution is 7.53. The molecule has 5 heteroatoms. The van der Waals surface area contributed by atoms with Gasteiger partial charge in [0.05, 0.1) is 27.7 Å². The molecule has 0 rings (SSSR count). The van der Waals surface area contributed by atoms with E-state index >= 15 is 0 Å². The third-order valence-electron chi connectivity index (χ3n) is 7.09. The van der Waals surface area contributed by atoms with Gasteiger partial charge in [0.1, 0.15) is 0 Å². The highest BCUT2D eigenvalue weighted by atomic mass is 31.2. The smallest absolute Gasteiger partial charge is 0.320 e. The zero-order valence-corrected chi connectivity index (χ0v) is 25.3. The molecule has 0 bridgehead atoms. The molecule has 0 aromatic carbocycles. The molecule has 1 N–H and O–H groups in total. The van der Waals surface area contributed by atoms with Crippen LogP contribution in [0.15, 0.2) is 12.2 Å². The predicted molar refractivity (Wildman–Crippen MR) is 155 cm³/mol. The molecule has 2 atom stereocenters. The van der Waals surface area contributed by atoms with Crippen molar-refractivity contribution in [3.8, 4) is 0 Å². The molecule has 0 saturated carbocycles. The summed E-state index contributed by atoms with van der Waals surface area (Å²) >= 11 is 0. The summed E-state index contributed by atoms with van der Waals surface area (Å²) in [5.41, 5.74) is 0. The van der Waals surface area contributed by atoms with Crippen molar-refractivity contribution in [1.82, 2.24) is 0 Å². The molecule has 210 valence electrons. The van der Waals surface area contributed by atoms with E-state index in [0.29, 0.717) is 23.9 Å². The number of allylic oxidation sites excluding steroid dienone is 1. The Kier molecular flexibility index (Phi) is 22.9. The molecular weight excluding hydrogens is 453 g/mol. The summed E-state index contributed by atoms with van der Waals surface area (Å²) in [6.07, 6.45) is 32.1. The Morgan fingerprint density at radius 3 is 1.40 bits per heavy atom. The maximum atomic E-state index is 12.5. The van der Waals surface area contributed by atoms with Crippen LogP contribution < -0.4 is 0 Å². The molecule has 0 aromatic heterocycles. The number of nitrogens with zero attached hydrogens (tertiary/aromatic N) is 1. The molecule has 0 fully saturated rings. The van der Waals surface area contributed by atoms with Crippen molar-refractivity contribution in [3.05, 3.63) is 12.2 Å². The van der Waals surface area contributed by atoms with E-state index in [-0.39, 0.29) is 5.78 Å². The van der Waals surface area contributed by atoms with Gasteiger partial charge in [0, 0.05) is 6.42 Å². The minimum absolute atomic E-state index is 0.319. The van der Waals surface area contributed by atoms with Crippen molar-refractivity contribution < 1.29 is 18.5 Å². The maximum absolute atomic E-state index is 12.5. The lowest BCUT2D eigenvalue weighted by Gasteiger charge is -2.35. The molecule has 35 heavy (non-hydrogen) atoms. The van der Waals surface area contributed by atoms with Crippen LogP contribution in [0, 0.1) is 0 Å². The first-order valence-electron chi connectivity index (χ1n) is 15.2. The Hall–Kier alpha value is -0.150. The van der Waals surface area contributed by atoms with E-state index in [2.05, 4.69) is 19.1 Å². The Morgan fingerprint density at radius 1 is 0.657 bits per heavy atom.